The van der Waals surface area contributed by atoms with Gasteiger partial charge in [0.2, 0.25) is 0 Å². The third kappa shape index (κ3) is 5.60. The third-order valence-electron chi connectivity index (χ3n) is 3.09. The number of nitrogens with zero attached hydrogens (tertiary/aromatic N) is 2. The summed E-state index contributed by atoms with van der Waals surface area (Å²) in [5.74, 6) is 3.03. The lowest BCUT2D eigenvalue weighted by Crippen LogP contribution is -2.42. The first-order valence-corrected chi connectivity index (χ1v) is 7.59. The average Bonchev–Trinajstić information content (AvgIpc) is 2.40. The number of rotatable bonds is 3. The van der Waals surface area contributed by atoms with Gasteiger partial charge < -0.3 is 10.6 Å². The second-order valence-corrected chi connectivity index (χ2v) is 5.80. The lowest BCUT2D eigenvalue weighted by molar-refractivity contribution is 0.456. The summed E-state index contributed by atoms with van der Waals surface area (Å²) >= 11 is 1.99. The van der Waals surface area contributed by atoms with Crippen LogP contribution in [-0.4, -0.2) is 42.0 Å². The normalized spacial score (nSPS) is 16.1. The number of thioether (sulfide) groups is 1. The molecule has 2 N–H and O–H groups in total. The molecular weight excluding hydrogens is 369 g/mol. The minimum atomic E-state index is 0. The molecule has 1 saturated heterocycles. The molecule has 0 amide bonds. The van der Waals surface area contributed by atoms with Crippen molar-refractivity contribution in [1.82, 2.24) is 4.90 Å². The van der Waals surface area contributed by atoms with Crippen molar-refractivity contribution in [3.05, 3.63) is 35.4 Å². The highest BCUT2D eigenvalue weighted by Gasteiger charge is 2.11. The van der Waals surface area contributed by atoms with Crippen LogP contribution >= 0.6 is 35.7 Å². The maximum Gasteiger partial charge on any atom is 0.191 e. The number of guanidine groups is 1. The molecule has 0 atom stereocenters. The summed E-state index contributed by atoms with van der Waals surface area (Å²) in [5, 5.41) is 0. The van der Waals surface area contributed by atoms with Crippen molar-refractivity contribution in [3.63, 3.8) is 0 Å². The van der Waals surface area contributed by atoms with Gasteiger partial charge in [0.15, 0.2) is 5.96 Å². The van der Waals surface area contributed by atoms with E-state index < -0.39 is 0 Å². The van der Waals surface area contributed by atoms with E-state index in [1.807, 2.05) is 11.8 Å². The SMILES string of the molecule is Cc1cccc(CCN=C(N)N2CCSCC2)c1.I. The van der Waals surface area contributed by atoms with E-state index >= 15 is 0 Å². The predicted octanol–water partition coefficient (Wildman–Crippen LogP) is 2.52. The van der Waals surface area contributed by atoms with E-state index in [9.17, 15) is 0 Å². The van der Waals surface area contributed by atoms with Crippen LogP contribution < -0.4 is 5.73 Å². The molecule has 2 rings (SSSR count). The molecule has 0 saturated carbocycles. The molecular formula is C14H22IN3S. The zero-order valence-electron chi connectivity index (χ0n) is 11.3. The molecule has 0 unspecified atom stereocenters. The number of aliphatic imine (C=N–C) groups is 1. The van der Waals surface area contributed by atoms with Gasteiger partial charge in [0.1, 0.15) is 0 Å². The molecule has 1 heterocycles. The molecule has 1 aromatic carbocycles. The van der Waals surface area contributed by atoms with Gasteiger partial charge in [-0.15, -0.1) is 24.0 Å². The van der Waals surface area contributed by atoms with E-state index in [1.54, 1.807) is 0 Å². The lowest BCUT2D eigenvalue weighted by atomic mass is 10.1. The van der Waals surface area contributed by atoms with E-state index in [2.05, 4.69) is 41.1 Å². The second kappa shape index (κ2) is 8.68. The van der Waals surface area contributed by atoms with Crippen LogP contribution in [0.3, 0.4) is 0 Å². The molecule has 3 nitrogen and oxygen atoms in total. The largest absolute Gasteiger partial charge is 0.370 e. The van der Waals surface area contributed by atoms with E-state index in [4.69, 9.17) is 5.73 Å². The van der Waals surface area contributed by atoms with E-state index in [0.717, 1.165) is 37.6 Å². The van der Waals surface area contributed by atoms with Gasteiger partial charge in [-0.1, -0.05) is 29.8 Å². The summed E-state index contributed by atoms with van der Waals surface area (Å²) in [5.41, 5.74) is 8.65. The monoisotopic (exact) mass is 391 g/mol. The Kier molecular flexibility index (Phi) is 7.60. The summed E-state index contributed by atoms with van der Waals surface area (Å²) in [7, 11) is 0. The maximum absolute atomic E-state index is 6.01. The summed E-state index contributed by atoms with van der Waals surface area (Å²) in [6.07, 6.45) is 0.963. The van der Waals surface area contributed by atoms with Gasteiger partial charge in [-0.2, -0.15) is 11.8 Å². The predicted molar refractivity (Wildman–Crippen MR) is 95.7 cm³/mol. The standard InChI is InChI=1S/C14H21N3S.HI/c1-12-3-2-4-13(11-12)5-6-16-14(15)17-7-9-18-10-8-17;/h2-4,11H,5-10H2,1H3,(H2,15,16);1H. The van der Waals surface area contributed by atoms with Crippen molar-refractivity contribution in [2.45, 2.75) is 13.3 Å². The molecule has 0 bridgehead atoms. The number of nitrogens with two attached hydrogens (primary N) is 1. The quantitative estimate of drug-likeness (QED) is 0.489. The van der Waals surface area contributed by atoms with Crippen LogP contribution in [0, 0.1) is 6.92 Å². The van der Waals surface area contributed by atoms with Crippen molar-refractivity contribution in [2.24, 2.45) is 10.7 Å². The van der Waals surface area contributed by atoms with Gasteiger partial charge in [0, 0.05) is 31.1 Å². The zero-order chi connectivity index (χ0) is 12.8. The molecule has 19 heavy (non-hydrogen) atoms. The Hall–Kier alpha value is -0.430. The third-order valence-corrected chi connectivity index (χ3v) is 4.03. The smallest absolute Gasteiger partial charge is 0.191 e. The van der Waals surface area contributed by atoms with E-state index in [-0.39, 0.29) is 24.0 Å². The maximum atomic E-state index is 6.01. The van der Waals surface area contributed by atoms with Crippen LogP contribution in [0.5, 0.6) is 0 Å². The van der Waals surface area contributed by atoms with Crippen LogP contribution in [0.25, 0.3) is 0 Å². The molecule has 1 fully saturated rings. The molecule has 0 aliphatic carbocycles. The second-order valence-electron chi connectivity index (χ2n) is 4.58. The highest BCUT2D eigenvalue weighted by atomic mass is 127. The van der Waals surface area contributed by atoms with E-state index in [0.29, 0.717) is 5.96 Å². The van der Waals surface area contributed by atoms with Crippen LogP contribution in [0.2, 0.25) is 0 Å². The Morgan fingerprint density at radius 2 is 2.11 bits per heavy atom. The fraction of sp³-hybridized carbons (Fsp3) is 0.500. The fourth-order valence-corrected chi connectivity index (χ4v) is 2.96. The molecule has 106 valence electrons. The molecule has 1 aliphatic rings. The van der Waals surface area contributed by atoms with Crippen LogP contribution in [-0.2, 0) is 6.42 Å². The first kappa shape index (κ1) is 16.6. The molecule has 0 spiro atoms. The molecule has 0 aromatic heterocycles. The van der Waals surface area contributed by atoms with Gasteiger partial charge in [0.05, 0.1) is 0 Å². The lowest BCUT2D eigenvalue weighted by Gasteiger charge is -2.27. The molecule has 0 radical (unpaired) electrons. The summed E-state index contributed by atoms with van der Waals surface area (Å²) < 4.78 is 0. The van der Waals surface area contributed by atoms with Crippen LogP contribution in [0.4, 0.5) is 0 Å². The van der Waals surface area contributed by atoms with E-state index in [1.165, 1.54) is 11.1 Å². The minimum Gasteiger partial charge on any atom is -0.370 e. The van der Waals surface area contributed by atoms with Crippen molar-refractivity contribution in [1.29, 1.82) is 0 Å². The molecule has 5 heteroatoms. The number of halogens is 1. The Labute approximate surface area is 137 Å². The summed E-state index contributed by atoms with van der Waals surface area (Å²) in [6, 6.07) is 8.58. The summed E-state index contributed by atoms with van der Waals surface area (Å²) in [4.78, 5) is 6.67. The number of hydrogen-bond donors (Lipinski definition) is 1. The number of aryl methyl sites for hydroxylation is 1. The first-order chi connectivity index (χ1) is 8.75. The van der Waals surface area contributed by atoms with Crippen molar-refractivity contribution in [2.75, 3.05) is 31.1 Å². The minimum absolute atomic E-state index is 0. The zero-order valence-corrected chi connectivity index (χ0v) is 14.5. The molecule has 1 aromatic rings. The first-order valence-electron chi connectivity index (χ1n) is 6.44. The van der Waals surface area contributed by atoms with Crippen LogP contribution in [0.15, 0.2) is 29.3 Å². The highest BCUT2D eigenvalue weighted by molar-refractivity contribution is 14.0. The highest BCUT2D eigenvalue weighted by Crippen LogP contribution is 2.09. The molecule has 1 aliphatic heterocycles. The Morgan fingerprint density at radius 3 is 2.79 bits per heavy atom. The van der Waals surface area contributed by atoms with Gasteiger partial charge in [0.25, 0.3) is 0 Å². The van der Waals surface area contributed by atoms with Crippen molar-refractivity contribution in [3.8, 4) is 0 Å². The Bertz CT molecular complexity index is 417. The van der Waals surface area contributed by atoms with Gasteiger partial charge in [-0.25, -0.2) is 0 Å². The van der Waals surface area contributed by atoms with Crippen molar-refractivity contribution >= 4 is 41.7 Å². The summed E-state index contributed by atoms with van der Waals surface area (Å²) in [6.45, 7) is 4.96. The number of hydrogen-bond acceptors (Lipinski definition) is 2. The van der Waals surface area contributed by atoms with Crippen molar-refractivity contribution < 1.29 is 0 Å². The van der Waals surface area contributed by atoms with Gasteiger partial charge in [-0.05, 0) is 18.9 Å². The van der Waals surface area contributed by atoms with Crippen LogP contribution in [0.1, 0.15) is 11.1 Å². The fourth-order valence-electron chi connectivity index (χ4n) is 2.06. The average molecular weight is 391 g/mol. The number of benzene rings is 1. The Balaban J connectivity index is 0.00000180. The van der Waals surface area contributed by atoms with Gasteiger partial charge >= 0.3 is 0 Å². The van der Waals surface area contributed by atoms with Gasteiger partial charge in [-0.3, -0.25) is 4.99 Å². The topological polar surface area (TPSA) is 41.6 Å². The Morgan fingerprint density at radius 1 is 1.37 bits per heavy atom.